The summed E-state index contributed by atoms with van der Waals surface area (Å²) in [4.78, 5) is 11.7. The fraction of sp³-hybridized carbons (Fsp3) is 0.611. The summed E-state index contributed by atoms with van der Waals surface area (Å²) in [6, 6.07) is 4.84. The van der Waals surface area contributed by atoms with E-state index in [1.165, 1.54) is 6.07 Å². The normalized spacial score (nSPS) is 13.0. The van der Waals surface area contributed by atoms with Crippen LogP contribution in [0.2, 0.25) is 0 Å². The molecular formula is C18H28FNO3. The van der Waals surface area contributed by atoms with Crippen LogP contribution in [-0.4, -0.2) is 24.9 Å². The van der Waals surface area contributed by atoms with Gasteiger partial charge in [-0.05, 0) is 51.3 Å². The van der Waals surface area contributed by atoms with E-state index in [-0.39, 0.29) is 11.6 Å². The predicted molar refractivity (Wildman–Crippen MR) is 90.3 cm³/mol. The Morgan fingerprint density at radius 2 is 1.96 bits per heavy atom. The third-order valence-electron chi connectivity index (χ3n) is 3.36. The fourth-order valence-corrected chi connectivity index (χ4v) is 2.20. The van der Waals surface area contributed by atoms with Crippen LogP contribution in [0.1, 0.15) is 53.0 Å². The first-order valence-corrected chi connectivity index (χ1v) is 8.01. The van der Waals surface area contributed by atoms with Crippen LogP contribution in [0, 0.1) is 11.7 Å². The van der Waals surface area contributed by atoms with E-state index in [0.717, 1.165) is 5.56 Å². The van der Waals surface area contributed by atoms with Crippen LogP contribution in [0.3, 0.4) is 0 Å². The van der Waals surface area contributed by atoms with Crippen LogP contribution < -0.4 is 5.32 Å². The Morgan fingerprint density at radius 1 is 1.30 bits per heavy atom. The molecule has 23 heavy (non-hydrogen) atoms. The van der Waals surface area contributed by atoms with Crippen LogP contribution >= 0.6 is 0 Å². The highest BCUT2D eigenvalue weighted by atomic mass is 19.1. The maximum Gasteiger partial charge on any atom is 0.412 e. The van der Waals surface area contributed by atoms with E-state index in [0.29, 0.717) is 19.1 Å². The molecule has 4 nitrogen and oxygen atoms in total. The van der Waals surface area contributed by atoms with Crippen LogP contribution in [0.4, 0.5) is 14.9 Å². The second-order valence-corrected chi connectivity index (χ2v) is 6.88. The molecule has 5 heteroatoms. The molecule has 0 spiro atoms. The van der Waals surface area contributed by atoms with Gasteiger partial charge in [-0.2, -0.15) is 0 Å². The number of rotatable bonds is 6. The summed E-state index contributed by atoms with van der Waals surface area (Å²) in [5, 5.41) is 2.44. The lowest BCUT2D eigenvalue weighted by Gasteiger charge is -2.22. The second-order valence-electron chi connectivity index (χ2n) is 6.88. The summed E-state index contributed by atoms with van der Waals surface area (Å²) in [5.74, 6) is -0.0406. The molecule has 1 rings (SSSR count). The lowest BCUT2D eigenvalue weighted by molar-refractivity contribution is 0.0635. The van der Waals surface area contributed by atoms with Crippen molar-refractivity contribution >= 4 is 11.8 Å². The highest BCUT2D eigenvalue weighted by Crippen LogP contribution is 2.28. The van der Waals surface area contributed by atoms with E-state index in [2.05, 4.69) is 19.2 Å². The Balaban J connectivity index is 2.86. The summed E-state index contributed by atoms with van der Waals surface area (Å²) < 4.78 is 24.9. The van der Waals surface area contributed by atoms with E-state index < -0.39 is 17.5 Å². The Hall–Kier alpha value is -1.62. The molecule has 0 bridgehead atoms. The van der Waals surface area contributed by atoms with E-state index >= 15 is 0 Å². The quantitative estimate of drug-likeness (QED) is 0.805. The van der Waals surface area contributed by atoms with E-state index in [1.807, 2.05) is 13.0 Å². The van der Waals surface area contributed by atoms with Crippen molar-refractivity contribution in [1.29, 1.82) is 0 Å². The summed E-state index contributed by atoms with van der Waals surface area (Å²) >= 11 is 0. The largest absolute Gasteiger partial charge is 0.444 e. The van der Waals surface area contributed by atoms with Crippen molar-refractivity contribution < 1.29 is 18.7 Å². The maximum absolute atomic E-state index is 14.3. The number of hydrogen-bond donors (Lipinski definition) is 1. The third-order valence-corrected chi connectivity index (χ3v) is 3.36. The number of anilines is 1. The lowest BCUT2D eigenvalue weighted by atomic mass is 9.89. The van der Waals surface area contributed by atoms with Gasteiger partial charge in [0, 0.05) is 12.5 Å². The third kappa shape index (κ3) is 6.57. The minimum Gasteiger partial charge on any atom is -0.444 e. The molecule has 0 saturated carbocycles. The molecule has 0 fully saturated rings. The fourth-order valence-electron chi connectivity index (χ4n) is 2.20. The van der Waals surface area contributed by atoms with Gasteiger partial charge in [0.2, 0.25) is 0 Å². The number of benzene rings is 1. The highest BCUT2D eigenvalue weighted by molar-refractivity contribution is 5.85. The SMILES string of the molecule is CCOCC(c1ccc(NC(=O)OC(C)(C)C)c(F)c1)C(C)C. The van der Waals surface area contributed by atoms with Crippen molar-refractivity contribution in [2.24, 2.45) is 5.92 Å². The molecule has 1 N–H and O–H groups in total. The van der Waals surface area contributed by atoms with Gasteiger partial charge in [0.05, 0.1) is 12.3 Å². The van der Waals surface area contributed by atoms with Crippen LogP contribution in [-0.2, 0) is 9.47 Å². The number of ether oxygens (including phenoxy) is 2. The summed E-state index contributed by atoms with van der Waals surface area (Å²) in [6.07, 6.45) is -0.668. The molecule has 1 unspecified atom stereocenters. The van der Waals surface area contributed by atoms with E-state index in [1.54, 1.807) is 26.8 Å². The number of carbonyl (C=O) groups excluding carboxylic acids is 1. The summed E-state index contributed by atoms with van der Waals surface area (Å²) in [6.45, 7) is 12.5. The number of hydrogen-bond acceptors (Lipinski definition) is 3. The lowest BCUT2D eigenvalue weighted by Crippen LogP contribution is -2.27. The molecule has 1 atom stereocenters. The van der Waals surface area contributed by atoms with E-state index in [4.69, 9.17) is 9.47 Å². The first-order valence-electron chi connectivity index (χ1n) is 8.01. The molecule has 0 aliphatic rings. The first-order chi connectivity index (χ1) is 10.6. The molecule has 0 heterocycles. The number of halogens is 1. The zero-order valence-corrected chi connectivity index (χ0v) is 14.9. The summed E-state index contributed by atoms with van der Waals surface area (Å²) in [5.41, 5.74) is 0.350. The van der Waals surface area contributed by atoms with Crippen molar-refractivity contribution in [3.8, 4) is 0 Å². The second kappa shape index (κ2) is 8.29. The predicted octanol–water partition coefficient (Wildman–Crippen LogP) is 4.95. The van der Waals surface area contributed by atoms with Crippen molar-refractivity contribution in [2.75, 3.05) is 18.5 Å². The monoisotopic (exact) mass is 325 g/mol. The van der Waals surface area contributed by atoms with Gasteiger partial charge in [0.1, 0.15) is 11.4 Å². The van der Waals surface area contributed by atoms with E-state index in [9.17, 15) is 9.18 Å². The molecular weight excluding hydrogens is 297 g/mol. The number of amides is 1. The zero-order chi connectivity index (χ0) is 17.6. The Kier molecular flexibility index (Phi) is 7.01. The molecule has 0 aromatic heterocycles. The van der Waals surface area contributed by atoms with Gasteiger partial charge in [-0.15, -0.1) is 0 Å². The van der Waals surface area contributed by atoms with Crippen LogP contribution in [0.5, 0.6) is 0 Å². The van der Waals surface area contributed by atoms with Crippen molar-refractivity contribution in [3.05, 3.63) is 29.6 Å². The van der Waals surface area contributed by atoms with Crippen molar-refractivity contribution in [3.63, 3.8) is 0 Å². The molecule has 0 aliphatic heterocycles. The number of nitrogens with one attached hydrogen (secondary N) is 1. The van der Waals surface area contributed by atoms with Gasteiger partial charge in [0.25, 0.3) is 0 Å². The Morgan fingerprint density at radius 3 is 2.43 bits per heavy atom. The van der Waals surface area contributed by atoms with Gasteiger partial charge in [-0.25, -0.2) is 9.18 Å². The average Bonchev–Trinajstić information content (AvgIpc) is 2.39. The molecule has 0 aliphatic carbocycles. The minimum atomic E-state index is -0.668. The molecule has 1 amide bonds. The average molecular weight is 325 g/mol. The van der Waals surface area contributed by atoms with Gasteiger partial charge in [0.15, 0.2) is 0 Å². The van der Waals surface area contributed by atoms with Gasteiger partial charge in [-0.3, -0.25) is 5.32 Å². The maximum atomic E-state index is 14.3. The standard InChI is InChI=1S/C18H28FNO3/c1-7-22-11-14(12(2)3)13-8-9-16(15(19)10-13)20-17(21)23-18(4,5)6/h8-10,12,14H,7,11H2,1-6H3,(H,20,21). The number of carbonyl (C=O) groups is 1. The van der Waals surface area contributed by atoms with Crippen LogP contribution in [0.25, 0.3) is 0 Å². The molecule has 1 aromatic carbocycles. The minimum absolute atomic E-state index is 0.111. The van der Waals surface area contributed by atoms with Gasteiger partial charge < -0.3 is 9.47 Å². The zero-order valence-electron chi connectivity index (χ0n) is 14.9. The highest BCUT2D eigenvalue weighted by Gasteiger charge is 2.20. The topological polar surface area (TPSA) is 47.6 Å². The summed E-state index contributed by atoms with van der Waals surface area (Å²) in [7, 11) is 0. The molecule has 1 aromatic rings. The van der Waals surface area contributed by atoms with Crippen LogP contribution in [0.15, 0.2) is 18.2 Å². The Labute approximate surface area is 138 Å². The molecule has 0 saturated heterocycles. The van der Waals surface area contributed by atoms with Crippen molar-refractivity contribution in [1.82, 2.24) is 0 Å². The first kappa shape index (κ1) is 19.4. The van der Waals surface area contributed by atoms with Gasteiger partial charge >= 0.3 is 6.09 Å². The molecule has 0 radical (unpaired) electrons. The smallest absolute Gasteiger partial charge is 0.412 e. The van der Waals surface area contributed by atoms with Crippen molar-refractivity contribution in [2.45, 2.75) is 53.1 Å². The Bertz CT molecular complexity index is 523. The molecule has 130 valence electrons. The van der Waals surface area contributed by atoms with Gasteiger partial charge in [-0.1, -0.05) is 19.9 Å².